The third-order valence-corrected chi connectivity index (χ3v) is 3.75. The minimum Gasteiger partial charge on any atom is -0.371 e. The van der Waals surface area contributed by atoms with E-state index in [0.29, 0.717) is 12.5 Å². The zero-order valence-electron chi connectivity index (χ0n) is 11.4. The summed E-state index contributed by atoms with van der Waals surface area (Å²) in [5, 5.41) is 3.01. The molecule has 1 heterocycles. The second-order valence-corrected chi connectivity index (χ2v) is 6.50. The summed E-state index contributed by atoms with van der Waals surface area (Å²) in [6.45, 7) is 6.80. The van der Waals surface area contributed by atoms with Gasteiger partial charge >= 0.3 is 0 Å². The molecule has 2 rings (SSSR count). The quantitative estimate of drug-likeness (QED) is 0.751. The highest BCUT2D eigenvalue weighted by molar-refractivity contribution is 7.13. The van der Waals surface area contributed by atoms with Gasteiger partial charge in [0.1, 0.15) is 5.01 Å². The van der Waals surface area contributed by atoms with Crippen molar-refractivity contribution in [1.82, 2.24) is 4.98 Å². The molecule has 102 valence electrons. The van der Waals surface area contributed by atoms with Crippen LogP contribution in [-0.2, 0) is 17.2 Å². The Bertz CT molecular complexity index is 545. The van der Waals surface area contributed by atoms with Crippen molar-refractivity contribution in [2.75, 3.05) is 0 Å². The Labute approximate surface area is 123 Å². The molecule has 2 nitrogen and oxygen atoms in total. The van der Waals surface area contributed by atoms with Crippen LogP contribution in [0, 0.1) is 0 Å². The molecule has 1 aromatic heterocycles. The standard InChI is InChI=1S/C15H18ClNOS/c1-15(2,3)18-9-11-5-4-6-12(7-11)14-17-13(8-16)10-19-14/h4-7,10H,8-9H2,1-3H3. The number of ether oxygens (including phenoxy) is 1. The number of halogens is 1. The van der Waals surface area contributed by atoms with Crippen molar-refractivity contribution >= 4 is 22.9 Å². The lowest BCUT2D eigenvalue weighted by molar-refractivity contribution is -0.0149. The smallest absolute Gasteiger partial charge is 0.123 e. The van der Waals surface area contributed by atoms with E-state index in [4.69, 9.17) is 16.3 Å². The highest BCUT2D eigenvalue weighted by Gasteiger charge is 2.11. The van der Waals surface area contributed by atoms with Gasteiger partial charge in [-0.05, 0) is 32.4 Å². The number of hydrogen-bond acceptors (Lipinski definition) is 3. The lowest BCUT2D eigenvalue weighted by Crippen LogP contribution is -2.18. The fourth-order valence-corrected chi connectivity index (χ4v) is 2.64. The van der Waals surface area contributed by atoms with Gasteiger partial charge in [-0.2, -0.15) is 0 Å². The SMILES string of the molecule is CC(C)(C)OCc1cccc(-c2nc(CCl)cs2)c1. The van der Waals surface area contributed by atoms with Crippen molar-refractivity contribution in [3.05, 3.63) is 40.9 Å². The first-order chi connectivity index (χ1) is 8.98. The Kier molecular flexibility index (Phi) is 4.61. The van der Waals surface area contributed by atoms with E-state index in [1.807, 2.05) is 11.4 Å². The Morgan fingerprint density at radius 2 is 2.11 bits per heavy atom. The summed E-state index contributed by atoms with van der Waals surface area (Å²) < 4.78 is 5.79. The maximum Gasteiger partial charge on any atom is 0.123 e. The minimum atomic E-state index is -0.122. The maximum atomic E-state index is 5.79. The van der Waals surface area contributed by atoms with Gasteiger partial charge in [0, 0.05) is 10.9 Å². The maximum absolute atomic E-state index is 5.79. The molecule has 0 saturated carbocycles. The first-order valence-electron chi connectivity index (χ1n) is 6.21. The summed E-state index contributed by atoms with van der Waals surface area (Å²) in [6, 6.07) is 8.31. The fourth-order valence-electron chi connectivity index (χ4n) is 1.59. The second kappa shape index (κ2) is 6.04. The molecule has 4 heteroatoms. The van der Waals surface area contributed by atoms with Crippen LogP contribution in [0.4, 0.5) is 0 Å². The molecule has 19 heavy (non-hydrogen) atoms. The van der Waals surface area contributed by atoms with Gasteiger partial charge in [-0.15, -0.1) is 22.9 Å². The van der Waals surface area contributed by atoms with Gasteiger partial charge in [0.2, 0.25) is 0 Å². The molecule has 0 aliphatic rings. The van der Waals surface area contributed by atoms with E-state index in [2.05, 4.69) is 44.0 Å². The van der Waals surface area contributed by atoms with Crippen LogP contribution in [0.15, 0.2) is 29.6 Å². The number of thiazole rings is 1. The van der Waals surface area contributed by atoms with Crippen LogP contribution in [0.5, 0.6) is 0 Å². The Morgan fingerprint density at radius 1 is 1.32 bits per heavy atom. The number of rotatable bonds is 4. The van der Waals surface area contributed by atoms with Crippen LogP contribution in [0.2, 0.25) is 0 Å². The number of aromatic nitrogens is 1. The van der Waals surface area contributed by atoms with Crippen LogP contribution in [0.1, 0.15) is 32.0 Å². The van der Waals surface area contributed by atoms with Crippen LogP contribution in [-0.4, -0.2) is 10.6 Å². The van der Waals surface area contributed by atoms with Crippen LogP contribution >= 0.6 is 22.9 Å². The number of hydrogen-bond donors (Lipinski definition) is 0. The molecule has 0 N–H and O–H groups in total. The molecule has 0 spiro atoms. The summed E-state index contributed by atoms with van der Waals surface area (Å²) in [4.78, 5) is 4.49. The van der Waals surface area contributed by atoms with Crippen molar-refractivity contribution in [2.24, 2.45) is 0 Å². The molecule has 0 fully saturated rings. The van der Waals surface area contributed by atoms with E-state index in [1.165, 1.54) is 0 Å². The first kappa shape index (κ1) is 14.5. The zero-order valence-corrected chi connectivity index (χ0v) is 13.0. The molecule has 2 aromatic rings. The third-order valence-electron chi connectivity index (χ3n) is 2.53. The van der Waals surface area contributed by atoms with E-state index in [1.54, 1.807) is 11.3 Å². The molecule has 0 saturated heterocycles. The predicted molar refractivity (Wildman–Crippen MR) is 81.6 cm³/mol. The van der Waals surface area contributed by atoms with E-state index >= 15 is 0 Å². The Balaban J connectivity index is 2.15. The van der Waals surface area contributed by atoms with Crippen LogP contribution in [0.25, 0.3) is 10.6 Å². The molecule has 1 aromatic carbocycles. The van der Waals surface area contributed by atoms with E-state index in [0.717, 1.165) is 21.8 Å². The molecule has 0 atom stereocenters. The van der Waals surface area contributed by atoms with Gasteiger partial charge in [-0.3, -0.25) is 0 Å². The largest absolute Gasteiger partial charge is 0.371 e. The lowest BCUT2D eigenvalue weighted by Gasteiger charge is -2.19. The molecule has 0 aliphatic heterocycles. The highest BCUT2D eigenvalue weighted by Crippen LogP contribution is 2.25. The number of nitrogens with zero attached hydrogens (tertiary/aromatic N) is 1. The summed E-state index contributed by atoms with van der Waals surface area (Å²) >= 11 is 7.41. The Hall–Kier alpha value is -0.900. The molecule has 0 radical (unpaired) electrons. The van der Waals surface area contributed by atoms with Crippen molar-refractivity contribution < 1.29 is 4.74 Å². The van der Waals surface area contributed by atoms with E-state index < -0.39 is 0 Å². The molecule has 0 aliphatic carbocycles. The summed E-state index contributed by atoms with van der Waals surface area (Å²) in [6.07, 6.45) is 0. The van der Waals surface area contributed by atoms with Gasteiger partial charge in [0.25, 0.3) is 0 Å². The van der Waals surface area contributed by atoms with Gasteiger partial charge < -0.3 is 4.74 Å². The van der Waals surface area contributed by atoms with Crippen LogP contribution in [0.3, 0.4) is 0 Å². The Morgan fingerprint density at radius 3 is 2.74 bits per heavy atom. The van der Waals surface area contributed by atoms with Gasteiger partial charge in [0.15, 0.2) is 0 Å². The normalized spacial score (nSPS) is 11.8. The second-order valence-electron chi connectivity index (χ2n) is 5.38. The average Bonchev–Trinajstić information content (AvgIpc) is 2.85. The summed E-state index contributed by atoms with van der Waals surface area (Å²) in [5.41, 5.74) is 3.09. The molecule has 0 amide bonds. The van der Waals surface area contributed by atoms with Crippen molar-refractivity contribution in [2.45, 2.75) is 38.9 Å². The van der Waals surface area contributed by atoms with Crippen molar-refractivity contribution in [3.8, 4) is 10.6 Å². The van der Waals surface area contributed by atoms with Crippen molar-refractivity contribution in [1.29, 1.82) is 0 Å². The summed E-state index contributed by atoms with van der Waals surface area (Å²) in [7, 11) is 0. The van der Waals surface area contributed by atoms with E-state index in [-0.39, 0.29) is 5.60 Å². The third kappa shape index (κ3) is 4.30. The molecule has 0 bridgehead atoms. The van der Waals surface area contributed by atoms with Gasteiger partial charge in [0.05, 0.1) is 23.8 Å². The highest BCUT2D eigenvalue weighted by atomic mass is 35.5. The first-order valence-corrected chi connectivity index (χ1v) is 7.63. The molecular weight excluding hydrogens is 278 g/mol. The fraction of sp³-hybridized carbons (Fsp3) is 0.400. The monoisotopic (exact) mass is 295 g/mol. The van der Waals surface area contributed by atoms with Gasteiger partial charge in [-0.25, -0.2) is 4.98 Å². The molecular formula is C15H18ClNOS. The zero-order chi connectivity index (χ0) is 13.9. The average molecular weight is 296 g/mol. The topological polar surface area (TPSA) is 22.1 Å². The minimum absolute atomic E-state index is 0.122. The van der Waals surface area contributed by atoms with Crippen LogP contribution < -0.4 is 0 Å². The van der Waals surface area contributed by atoms with E-state index in [9.17, 15) is 0 Å². The number of alkyl halides is 1. The predicted octanol–water partition coefficient (Wildman–Crippen LogP) is 4.86. The number of benzene rings is 1. The lowest BCUT2D eigenvalue weighted by atomic mass is 10.1. The van der Waals surface area contributed by atoms with Gasteiger partial charge in [-0.1, -0.05) is 18.2 Å². The van der Waals surface area contributed by atoms with Crippen molar-refractivity contribution in [3.63, 3.8) is 0 Å². The molecule has 0 unspecified atom stereocenters. The summed E-state index contributed by atoms with van der Waals surface area (Å²) in [5.74, 6) is 0.462.